The molecule has 1 N–H and O–H groups in total. The second-order valence-corrected chi connectivity index (χ2v) is 7.45. The van der Waals surface area contributed by atoms with Gasteiger partial charge in [0.05, 0.1) is 41.1 Å². The average Bonchev–Trinajstić information content (AvgIpc) is 3.42. The molecule has 0 amide bonds. The van der Waals surface area contributed by atoms with Crippen molar-refractivity contribution in [3.05, 3.63) is 28.6 Å². The molecule has 10 heteroatoms. The molecule has 1 aromatic carbocycles. The Balaban J connectivity index is 1.94. The summed E-state index contributed by atoms with van der Waals surface area (Å²) in [6.07, 6.45) is 1.01. The van der Waals surface area contributed by atoms with Crippen LogP contribution in [0.1, 0.15) is 44.0 Å². The fourth-order valence-corrected chi connectivity index (χ4v) is 4.69. The van der Waals surface area contributed by atoms with Crippen molar-refractivity contribution in [2.45, 2.75) is 44.3 Å². The van der Waals surface area contributed by atoms with Crippen LogP contribution >= 0.6 is 0 Å². The molecule has 1 atom stereocenters. The van der Waals surface area contributed by atoms with Gasteiger partial charge in [-0.15, -0.1) is 0 Å². The molecule has 0 spiro atoms. The van der Waals surface area contributed by atoms with E-state index in [1.807, 2.05) is 6.07 Å². The number of nitriles is 1. The minimum atomic E-state index is -4.77. The van der Waals surface area contributed by atoms with Gasteiger partial charge in [-0.05, 0) is 18.8 Å². The SMILES string of the molecule is N#CCC(C1CCCC1)n1c(C(F)(F)F)nc2c3[nH]cnc4ncc(c(=O)c21)c43. The molecule has 5 rings (SSSR count). The molecule has 1 aliphatic rings. The Morgan fingerprint density at radius 1 is 1.31 bits per heavy atom. The topological polar surface area (TPSA) is 100 Å². The Hall–Kier alpha value is -3.22. The van der Waals surface area contributed by atoms with E-state index in [-0.39, 0.29) is 34.4 Å². The highest BCUT2D eigenvalue weighted by Gasteiger charge is 2.42. The first kappa shape index (κ1) is 17.8. The lowest BCUT2D eigenvalue weighted by molar-refractivity contribution is -0.148. The molecule has 3 heterocycles. The predicted octanol–water partition coefficient (Wildman–Crippen LogP) is 3.92. The highest BCUT2D eigenvalue weighted by atomic mass is 19.4. The quantitative estimate of drug-likeness (QED) is 0.562. The summed E-state index contributed by atoms with van der Waals surface area (Å²) in [5.41, 5.74) is -0.186. The lowest BCUT2D eigenvalue weighted by Gasteiger charge is -2.25. The Bertz CT molecular complexity index is 1330. The van der Waals surface area contributed by atoms with Gasteiger partial charge in [0.15, 0.2) is 5.65 Å². The van der Waals surface area contributed by atoms with Crippen molar-refractivity contribution in [3.8, 4) is 6.07 Å². The van der Waals surface area contributed by atoms with Gasteiger partial charge in [0.2, 0.25) is 11.3 Å². The van der Waals surface area contributed by atoms with E-state index in [0.29, 0.717) is 10.9 Å². The molecule has 1 fully saturated rings. The van der Waals surface area contributed by atoms with Gasteiger partial charge in [-0.2, -0.15) is 18.4 Å². The number of H-pyrrole nitrogens is 1. The Morgan fingerprint density at radius 3 is 2.76 bits per heavy atom. The van der Waals surface area contributed by atoms with E-state index >= 15 is 0 Å². The lowest BCUT2D eigenvalue weighted by Crippen LogP contribution is -2.25. The van der Waals surface area contributed by atoms with Crippen LogP contribution in [0.2, 0.25) is 0 Å². The van der Waals surface area contributed by atoms with Crippen LogP contribution in [0.15, 0.2) is 17.3 Å². The summed E-state index contributed by atoms with van der Waals surface area (Å²) < 4.78 is 42.9. The number of halogens is 3. The molecule has 1 aliphatic carbocycles. The molecule has 3 aromatic heterocycles. The summed E-state index contributed by atoms with van der Waals surface area (Å²) in [6, 6.07) is 1.25. The molecule has 148 valence electrons. The van der Waals surface area contributed by atoms with Crippen molar-refractivity contribution in [1.82, 2.24) is 24.5 Å². The van der Waals surface area contributed by atoms with E-state index < -0.39 is 23.5 Å². The molecule has 29 heavy (non-hydrogen) atoms. The minimum Gasteiger partial charge on any atom is -0.344 e. The number of hydrogen-bond donors (Lipinski definition) is 1. The summed E-state index contributed by atoms with van der Waals surface area (Å²) in [7, 11) is 0. The van der Waals surface area contributed by atoms with E-state index in [2.05, 4.69) is 19.9 Å². The lowest BCUT2D eigenvalue weighted by atomic mass is 9.95. The molecule has 0 saturated heterocycles. The van der Waals surface area contributed by atoms with Gasteiger partial charge in [0.25, 0.3) is 0 Å². The zero-order valence-electron chi connectivity index (χ0n) is 15.1. The zero-order valence-corrected chi connectivity index (χ0v) is 15.1. The number of hydrogen-bond acceptors (Lipinski definition) is 5. The number of rotatable bonds is 3. The fraction of sp³-hybridized carbons (Fsp3) is 0.421. The van der Waals surface area contributed by atoms with Gasteiger partial charge in [-0.25, -0.2) is 15.0 Å². The third kappa shape index (κ3) is 2.50. The number of nitrogens with zero attached hydrogens (tertiary/aromatic N) is 5. The second-order valence-electron chi connectivity index (χ2n) is 7.45. The van der Waals surface area contributed by atoms with Crippen LogP contribution in [-0.4, -0.2) is 24.5 Å². The molecule has 0 aliphatic heterocycles. The van der Waals surface area contributed by atoms with Gasteiger partial charge in [0.1, 0.15) is 11.0 Å². The molecule has 4 aromatic rings. The highest BCUT2D eigenvalue weighted by molar-refractivity contribution is 6.16. The summed E-state index contributed by atoms with van der Waals surface area (Å²) >= 11 is 0. The standard InChI is InChI=1S/C19H15F3N6O/c20-19(21,22)18-27-14-13-12-10(7-24-17(12)26-8-25-13)16(29)15(14)28(18)11(5-6-23)9-3-1-2-4-9/h7-9,11H,1-5H2,(H,24,25,26). The van der Waals surface area contributed by atoms with E-state index in [9.17, 15) is 23.2 Å². The molecule has 0 radical (unpaired) electrons. The van der Waals surface area contributed by atoms with Crippen LogP contribution in [0.3, 0.4) is 0 Å². The van der Waals surface area contributed by atoms with Crippen molar-refractivity contribution in [2.24, 2.45) is 5.92 Å². The largest absolute Gasteiger partial charge is 0.449 e. The van der Waals surface area contributed by atoms with Crippen LogP contribution in [-0.2, 0) is 6.18 Å². The first-order valence-corrected chi connectivity index (χ1v) is 9.35. The summed E-state index contributed by atoms with van der Waals surface area (Å²) in [5.74, 6) is -1.25. The van der Waals surface area contributed by atoms with Crippen LogP contribution in [0, 0.1) is 17.2 Å². The van der Waals surface area contributed by atoms with Gasteiger partial charge < -0.3 is 9.55 Å². The van der Waals surface area contributed by atoms with E-state index in [1.54, 1.807) is 0 Å². The number of aromatic amines is 1. The second kappa shape index (κ2) is 6.14. The van der Waals surface area contributed by atoms with Gasteiger partial charge in [-0.3, -0.25) is 4.79 Å². The molecule has 0 bridgehead atoms. The van der Waals surface area contributed by atoms with E-state index in [4.69, 9.17) is 0 Å². The van der Waals surface area contributed by atoms with E-state index in [1.165, 1.54) is 12.5 Å². The van der Waals surface area contributed by atoms with Crippen LogP contribution in [0.4, 0.5) is 13.2 Å². The smallest absolute Gasteiger partial charge is 0.344 e. The molecule has 7 nitrogen and oxygen atoms in total. The Labute approximate surface area is 161 Å². The fourth-order valence-electron chi connectivity index (χ4n) is 4.69. The third-order valence-electron chi connectivity index (χ3n) is 5.89. The average molecular weight is 400 g/mol. The maximum absolute atomic E-state index is 14.0. The van der Waals surface area contributed by atoms with Crippen molar-refractivity contribution >= 4 is 33.0 Å². The summed E-state index contributed by atoms with van der Waals surface area (Å²) in [5, 5.41) is 9.91. The van der Waals surface area contributed by atoms with Gasteiger partial charge >= 0.3 is 6.18 Å². The Kier molecular flexibility index (Phi) is 3.78. The highest BCUT2D eigenvalue weighted by Crippen LogP contribution is 2.42. The third-order valence-corrected chi connectivity index (χ3v) is 5.89. The first-order valence-electron chi connectivity index (χ1n) is 9.35. The number of imidazole rings is 1. The van der Waals surface area contributed by atoms with Crippen LogP contribution in [0.25, 0.3) is 33.0 Å². The van der Waals surface area contributed by atoms with Crippen molar-refractivity contribution in [3.63, 3.8) is 0 Å². The predicted molar refractivity (Wildman–Crippen MR) is 98.4 cm³/mol. The number of benzene rings is 1. The molecular weight excluding hydrogens is 385 g/mol. The summed E-state index contributed by atoms with van der Waals surface area (Å²) in [4.78, 5) is 28.1. The Morgan fingerprint density at radius 2 is 2.07 bits per heavy atom. The minimum absolute atomic E-state index is 0.0591. The van der Waals surface area contributed by atoms with Crippen molar-refractivity contribution < 1.29 is 13.2 Å². The van der Waals surface area contributed by atoms with Gasteiger partial charge in [0, 0.05) is 6.20 Å². The number of aromatic nitrogens is 5. The first-order chi connectivity index (χ1) is 13.9. The molecule has 1 saturated carbocycles. The van der Waals surface area contributed by atoms with Crippen molar-refractivity contribution in [2.75, 3.05) is 0 Å². The summed E-state index contributed by atoms with van der Waals surface area (Å²) in [6.45, 7) is 0. The monoisotopic (exact) mass is 400 g/mol. The maximum Gasteiger partial charge on any atom is 0.449 e. The van der Waals surface area contributed by atoms with Crippen LogP contribution < -0.4 is 5.43 Å². The zero-order chi connectivity index (χ0) is 20.3. The maximum atomic E-state index is 14.0. The molecule has 1 unspecified atom stereocenters. The van der Waals surface area contributed by atoms with Gasteiger partial charge in [-0.1, -0.05) is 12.8 Å². The number of nitrogens with one attached hydrogen (secondary N) is 1. The van der Waals surface area contributed by atoms with Crippen molar-refractivity contribution in [1.29, 1.82) is 5.26 Å². The normalized spacial score (nSPS) is 16.9. The number of alkyl halides is 3. The number of fused-ring (bicyclic) bond motifs is 2. The molecular formula is C19H15F3N6O. The van der Waals surface area contributed by atoms with Crippen LogP contribution in [0.5, 0.6) is 0 Å². The van der Waals surface area contributed by atoms with E-state index in [0.717, 1.165) is 30.3 Å².